The first-order valence-electron chi connectivity index (χ1n) is 11.8. The van der Waals surface area contributed by atoms with Gasteiger partial charge in [0.05, 0.1) is 5.92 Å². The molecule has 6 rings (SSSR count). The van der Waals surface area contributed by atoms with E-state index >= 15 is 0 Å². The van der Waals surface area contributed by atoms with Gasteiger partial charge in [0, 0.05) is 41.0 Å². The molecule has 3 aliphatic rings. The number of benzene rings is 2. The number of hydrogen-bond donors (Lipinski definition) is 1. The third-order valence-corrected chi connectivity index (χ3v) is 7.99. The molecule has 174 valence electrons. The largest absolute Gasteiger partial charge is 0.488 e. The quantitative estimate of drug-likeness (QED) is 0.457. The van der Waals surface area contributed by atoms with Crippen molar-refractivity contribution in [3.05, 3.63) is 75.5 Å². The molecule has 3 heterocycles. The first kappa shape index (κ1) is 21.4. The van der Waals surface area contributed by atoms with Crippen LogP contribution in [0.1, 0.15) is 34.1 Å². The Kier molecular flexibility index (Phi) is 5.63. The molecule has 5 nitrogen and oxygen atoms in total. The Morgan fingerprint density at radius 2 is 1.94 bits per heavy atom. The molecule has 0 atom stereocenters. The van der Waals surface area contributed by atoms with Crippen LogP contribution < -0.4 is 9.47 Å². The molecule has 2 fully saturated rings. The third kappa shape index (κ3) is 4.48. The summed E-state index contributed by atoms with van der Waals surface area (Å²) < 4.78 is 12.2. The fourth-order valence-electron chi connectivity index (χ4n) is 4.69. The lowest BCUT2D eigenvalue weighted by Crippen LogP contribution is -2.51. The number of carboxylic acid groups (broad SMARTS) is 1. The Morgan fingerprint density at radius 3 is 2.71 bits per heavy atom. The zero-order valence-corrected chi connectivity index (χ0v) is 19.7. The lowest BCUT2D eigenvalue weighted by molar-refractivity contribution is -0.147. The molecule has 0 radical (unpaired) electrons. The molecule has 0 bridgehead atoms. The van der Waals surface area contributed by atoms with Crippen LogP contribution >= 0.6 is 11.3 Å². The van der Waals surface area contributed by atoms with E-state index in [1.807, 2.05) is 29.5 Å². The lowest BCUT2D eigenvalue weighted by Gasteiger charge is -2.37. The van der Waals surface area contributed by atoms with E-state index in [0.717, 1.165) is 23.6 Å². The first-order valence-corrected chi connectivity index (χ1v) is 12.7. The maximum atomic E-state index is 11.0. The summed E-state index contributed by atoms with van der Waals surface area (Å²) in [5.74, 6) is 1.42. The highest BCUT2D eigenvalue weighted by atomic mass is 32.1. The maximum Gasteiger partial charge on any atom is 0.309 e. The molecular weight excluding hydrogens is 446 g/mol. The number of ether oxygens (including phenoxy) is 2. The molecule has 0 amide bonds. The molecule has 2 aromatic carbocycles. The zero-order valence-electron chi connectivity index (χ0n) is 18.9. The molecular formula is C28H27NO4S. The summed E-state index contributed by atoms with van der Waals surface area (Å²) in [5.41, 5.74) is 4.86. The maximum absolute atomic E-state index is 11.0. The highest BCUT2D eigenvalue weighted by Crippen LogP contribution is 2.48. The van der Waals surface area contributed by atoms with Gasteiger partial charge in [0.15, 0.2) is 0 Å². The average molecular weight is 474 g/mol. The summed E-state index contributed by atoms with van der Waals surface area (Å²) in [5, 5.41) is 9.05. The Balaban J connectivity index is 1.11. The third-order valence-electron chi connectivity index (χ3n) is 6.72. The molecule has 0 unspecified atom stereocenters. The van der Waals surface area contributed by atoms with E-state index in [2.05, 4.69) is 47.4 Å². The van der Waals surface area contributed by atoms with Crippen molar-refractivity contribution in [3.8, 4) is 22.6 Å². The summed E-state index contributed by atoms with van der Waals surface area (Å²) in [6.07, 6.45) is 4.73. The standard InChI is InChI=1S/C28H27NO4S/c30-28(31)22-14-29(15-22)13-18-10-21-8-9-23(11-26(21)33-16-18)32-17-24-12-25(19-4-2-1-3-5-19)27(34-24)20-6-7-20/h1-5,8-12,20,22H,6-7,13-17H2,(H,30,31). The SMILES string of the molecule is O=C(O)C1CN(CC2=Cc3ccc(OCc4cc(-c5ccccc5)c(C5CC5)s4)cc3OC2)C1. The zero-order chi connectivity index (χ0) is 23.1. The van der Waals surface area contributed by atoms with Gasteiger partial charge in [-0.3, -0.25) is 9.69 Å². The molecule has 1 N–H and O–H groups in total. The minimum atomic E-state index is -0.703. The number of nitrogens with zero attached hydrogens (tertiary/aromatic N) is 1. The minimum Gasteiger partial charge on any atom is -0.488 e. The van der Waals surface area contributed by atoms with Crippen molar-refractivity contribution in [2.45, 2.75) is 25.4 Å². The van der Waals surface area contributed by atoms with Gasteiger partial charge in [-0.05, 0) is 59.7 Å². The molecule has 34 heavy (non-hydrogen) atoms. The summed E-state index contributed by atoms with van der Waals surface area (Å²) in [6.45, 7) is 3.07. The normalized spacial score (nSPS) is 17.9. The molecule has 1 saturated heterocycles. The van der Waals surface area contributed by atoms with E-state index < -0.39 is 5.97 Å². The fourth-order valence-corrected chi connectivity index (χ4v) is 5.96. The van der Waals surface area contributed by atoms with E-state index in [9.17, 15) is 4.79 Å². The van der Waals surface area contributed by atoms with Crippen LogP contribution in [0.15, 0.2) is 60.2 Å². The van der Waals surface area contributed by atoms with Crippen molar-refractivity contribution in [3.63, 3.8) is 0 Å². The average Bonchev–Trinajstić information content (AvgIpc) is 3.59. The van der Waals surface area contributed by atoms with Crippen LogP contribution in [0.2, 0.25) is 0 Å². The predicted molar refractivity (Wildman–Crippen MR) is 134 cm³/mol. The van der Waals surface area contributed by atoms with Crippen LogP contribution in [-0.2, 0) is 11.4 Å². The number of carboxylic acids is 1. The van der Waals surface area contributed by atoms with Crippen LogP contribution in [0, 0.1) is 5.92 Å². The smallest absolute Gasteiger partial charge is 0.309 e. The number of rotatable bonds is 8. The van der Waals surface area contributed by atoms with Crippen molar-refractivity contribution >= 4 is 23.4 Å². The monoisotopic (exact) mass is 473 g/mol. The number of likely N-dealkylation sites (tertiary alicyclic amines) is 1. The van der Waals surface area contributed by atoms with Gasteiger partial charge in [0.1, 0.15) is 24.7 Å². The summed E-state index contributed by atoms with van der Waals surface area (Å²) in [7, 11) is 0. The molecule has 1 aromatic heterocycles. The van der Waals surface area contributed by atoms with Crippen LogP contribution in [0.3, 0.4) is 0 Å². The second-order valence-electron chi connectivity index (χ2n) is 9.44. The first-order chi connectivity index (χ1) is 16.6. The van der Waals surface area contributed by atoms with Crippen LogP contribution in [0.4, 0.5) is 0 Å². The van der Waals surface area contributed by atoms with E-state index in [4.69, 9.17) is 14.6 Å². The van der Waals surface area contributed by atoms with E-state index in [0.29, 0.717) is 32.2 Å². The highest BCUT2D eigenvalue weighted by Gasteiger charge is 2.33. The van der Waals surface area contributed by atoms with Crippen molar-refractivity contribution in [1.29, 1.82) is 0 Å². The van der Waals surface area contributed by atoms with Gasteiger partial charge in [-0.15, -0.1) is 11.3 Å². The molecule has 6 heteroatoms. The van der Waals surface area contributed by atoms with E-state index in [1.54, 1.807) is 0 Å². The molecule has 3 aromatic rings. The fraction of sp³-hybridized carbons (Fsp3) is 0.321. The van der Waals surface area contributed by atoms with Crippen LogP contribution in [-0.4, -0.2) is 42.2 Å². The lowest BCUT2D eigenvalue weighted by atomic mass is 9.98. The number of carbonyl (C=O) groups is 1. The van der Waals surface area contributed by atoms with Gasteiger partial charge >= 0.3 is 5.97 Å². The number of aliphatic carboxylic acids is 1. The van der Waals surface area contributed by atoms with Gasteiger partial charge in [0.2, 0.25) is 0 Å². The summed E-state index contributed by atoms with van der Waals surface area (Å²) in [4.78, 5) is 15.9. The van der Waals surface area contributed by atoms with Crippen LogP contribution in [0.5, 0.6) is 11.5 Å². The molecule has 2 aliphatic heterocycles. The topological polar surface area (TPSA) is 59.0 Å². The molecule has 0 spiro atoms. The Bertz CT molecular complexity index is 1240. The van der Waals surface area contributed by atoms with Gasteiger partial charge < -0.3 is 14.6 Å². The van der Waals surface area contributed by atoms with Crippen molar-refractivity contribution in [1.82, 2.24) is 4.90 Å². The van der Waals surface area contributed by atoms with Gasteiger partial charge in [-0.1, -0.05) is 30.3 Å². The Morgan fingerprint density at radius 1 is 1.12 bits per heavy atom. The Hall–Kier alpha value is -3.09. The van der Waals surface area contributed by atoms with Gasteiger partial charge in [-0.2, -0.15) is 0 Å². The number of thiophene rings is 1. The second kappa shape index (κ2) is 8.93. The van der Waals surface area contributed by atoms with Crippen molar-refractivity contribution in [2.75, 3.05) is 26.2 Å². The van der Waals surface area contributed by atoms with Gasteiger partial charge in [0.25, 0.3) is 0 Å². The van der Waals surface area contributed by atoms with Crippen molar-refractivity contribution in [2.24, 2.45) is 5.92 Å². The second-order valence-corrected chi connectivity index (χ2v) is 10.6. The number of hydrogen-bond acceptors (Lipinski definition) is 5. The van der Waals surface area contributed by atoms with Gasteiger partial charge in [-0.25, -0.2) is 0 Å². The number of fused-ring (bicyclic) bond motifs is 1. The summed E-state index contributed by atoms with van der Waals surface area (Å²) >= 11 is 1.88. The van der Waals surface area contributed by atoms with Crippen molar-refractivity contribution < 1.29 is 19.4 Å². The Labute approximate surface area is 203 Å². The van der Waals surface area contributed by atoms with E-state index in [-0.39, 0.29) is 5.92 Å². The van der Waals surface area contributed by atoms with E-state index in [1.165, 1.54) is 39.3 Å². The molecule has 1 saturated carbocycles. The minimum absolute atomic E-state index is 0.232. The highest BCUT2D eigenvalue weighted by molar-refractivity contribution is 7.12. The summed E-state index contributed by atoms with van der Waals surface area (Å²) in [6, 6.07) is 18.9. The molecule has 1 aliphatic carbocycles. The van der Waals surface area contributed by atoms with Crippen LogP contribution in [0.25, 0.3) is 17.2 Å². The predicted octanol–water partition coefficient (Wildman–Crippen LogP) is 5.66.